The van der Waals surface area contributed by atoms with E-state index in [1.54, 1.807) is 0 Å². The van der Waals surface area contributed by atoms with E-state index < -0.39 is 0 Å². The van der Waals surface area contributed by atoms with E-state index in [1.165, 1.54) is 11.1 Å². The van der Waals surface area contributed by atoms with Crippen LogP contribution in [0.2, 0.25) is 0 Å². The van der Waals surface area contributed by atoms with Crippen molar-refractivity contribution in [3.63, 3.8) is 0 Å². The Labute approximate surface area is 139 Å². The summed E-state index contributed by atoms with van der Waals surface area (Å²) in [5.74, 6) is 0.0336. The molecule has 0 aliphatic rings. The van der Waals surface area contributed by atoms with Gasteiger partial charge < -0.3 is 10.2 Å². The molecule has 0 atom stereocenters. The van der Waals surface area contributed by atoms with Crippen molar-refractivity contribution < 1.29 is 4.79 Å². The van der Waals surface area contributed by atoms with Crippen LogP contribution >= 0.6 is 0 Å². The second-order valence-corrected chi connectivity index (χ2v) is 5.56. The summed E-state index contributed by atoms with van der Waals surface area (Å²) in [6.07, 6.45) is 1.83. The second-order valence-electron chi connectivity index (χ2n) is 5.56. The van der Waals surface area contributed by atoms with E-state index in [4.69, 9.17) is 0 Å². The summed E-state index contributed by atoms with van der Waals surface area (Å²) in [5.41, 5.74) is 4.46. The minimum Gasteiger partial charge on any atom is -0.362 e. The molecule has 0 heterocycles. The highest BCUT2D eigenvalue weighted by molar-refractivity contribution is 5.95. The molecule has 2 aromatic carbocycles. The predicted molar refractivity (Wildman–Crippen MR) is 98.2 cm³/mol. The van der Waals surface area contributed by atoms with Gasteiger partial charge in [0.1, 0.15) is 0 Å². The van der Waals surface area contributed by atoms with Gasteiger partial charge in [-0.05, 0) is 43.0 Å². The van der Waals surface area contributed by atoms with Crippen LogP contribution in [-0.2, 0) is 17.6 Å². The van der Waals surface area contributed by atoms with Crippen LogP contribution in [0.15, 0.2) is 48.5 Å². The van der Waals surface area contributed by atoms with E-state index in [0.717, 1.165) is 30.8 Å². The molecule has 0 unspecified atom stereocenters. The Bertz CT molecular complexity index is 615. The van der Waals surface area contributed by atoms with Gasteiger partial charge in [0, 0.05) is 17.9 Å². The lowest BCUT2D eigenvalue weighted by atomic mass is 10.0. The smallest absolute Gasteiger partial charge is 0.243 e. The number of para-hydroxylation sites is 2. The van der Waals surface area contributed by atoms with E-state index in [0.29, 0.717) is 6.54 Å². The van der Waals surface area contributed by atoms with Gasteiger partial charge in [-0.15, -0.1) is 0 Å². The number of carbonyl (C=O) groups is 1. The third-order valence-corrected chi connectivity index (χ3v) is 4.10. The number of nitrogens with zero attached hydrogens (tertiary/aromatic N) is 1. The minimum atomic E-state index is 0.0336. The number of aryl methyl sites for hydroxylation is 2. The topological polar surface area (TPSA) is 32.3 Å². The van der Waals surface area contributed by atoms with Crippen molar-refractivity contribution in [3.05, 3.63) is 59.7 Å². The number of amides is 1. The summed E-state index contributed by atoms with van der Waals surface area (Å²) in [6, 6.07) is 16.3. The largest absolute Gasteiger partial charge is 0.362 e. The molecule has 0 aliphatic heterocycles. The molecule has 2 aromatic rings. The third-order valence-electron chi connectivity index (χ3n) is 4.10. The molecule has 1 N–H and O–H groups in total. The van der Waals surface area contributed by atoms with Gasteiger partial charge in [-0.3, -0.25) is 4.79 Å². The van der Waals surface area contributed by atoms with Crippen molar-refractivity contribution >= 4 is 17.3 Å². The zero-order chi connectivity index (χ0) is 16.7. The van der Waals surface area contributed by atoms with E-state index in [1.807, 2.05) is 30.3 Å². The first-order valence-electron chi connectivity index (χ1n) is 8.40. The second kappa shape index (κ2) is 8.37. The number of rotatable bonds is 7. The number of carbonyl (C=O) groups excluding carboxylic acids is 1. The minimum absolute atomic E-state index is 0.0336. The summed E-state index contributed by atoms with van der Waals surface area (Å²) in [6.45, 7) is 7.46. The molecule has 2 rings (SSSR count). The normalized spacial score (nSPS) is 10.4. The molecule has 0 aromatic heterocycles. The first kappa shape index (κ1) is 17.1. The molecular formula is C20H26N2O. The number of anilines is 2. The van der Waals surface area contributed by atoms with Crippen molar-refractivity contribution in [2.45, 2.75) is 33.6 Å². The molecule has 0 bridgehead atoms. The molecule has 0 saturated heterocycles. The Kier molecular flexibility index (Phi) is 6.21. The maximum atomic E-state index is 12.5. The van der Waals surface area contributed by atoms with Crippen molar-refractivity contribution in [1.29, 1.82) is 0 Å². The van der Waals surface area contributed by atoms with Crippen LogP contribution in [0.5, 0.6) is 0 Å². The molecule has 3 heteroatoms. The lowest BCUT2D eigenvalue weighted by Gasteiger charge is -2.23. The van der Waals surface area contributed by atoms with Crippen LogP contribution in [-0.4, -0.2) is 19.0 Å². The number of nitrogens with one attached hydrogen (secondary N) is 1. The maximum Gasteiger partial charge on any atom is 0.243 e. The highest BCUT2D eigenvalue weighted by Gasteiger charge is 2.13. The molecule has 0 fully saturated rings. The SMILES string of the molecule is CCc1cccc(CC)c1NC(=O)CN(CC)c1ccccc1. The molecule has 0 spiro atoms. The zero-order valence-corrected chi connectivity index (χ0v) is 14.3. The average molecular weight is 310 g/mol. The zero-order valence-electron chi connectivity index (χ0n) is 14.3. The Hall–Kier alpha value is -2.29. The Morgan fingerprint density at radius 3 is 2.04 bits per heavy atom. The van der Waals surface area contributed by atoms with Gasteiger partial charge in [-0.2, -0.15) is 0 Å². The summed E-state index contributed by atoms with van der Waals surface area (Å²) in [7, 11) is 0. The van der Waals surface area contributed by atoms with E-state index in [9.17, 15) is 4.79 Å². The van der Waals surface area contributed by atoms with E-state index in [-0.39, 0.29) is 5.91 Å². The van der Waals surface area contributed by atoms with Gasteiger partial charge >= 0.3 is 0 Å². The number of benzene rings is 2. The average Bonchev–Trinajstić information content (AvgIpc) is 2.60. The van der Waals surface area contributed by atoms with Crippen molar-refractivity contribution in [2.75, 3.05) is 23.3 Å². The molecule has 122 valence electrons. The molecule has 23 heavy (non-hydrogen) atoms. The van der Waals surface area contributed by atoms with Crippen LogP contribution in [0.3, 0.4) is 0 Å². The molecular weight excluding hydrogens is 284 g/mol. The third kappa shape index (κ3) is 4.35. The first-order chi connectivity index (χ1) is 11.2. The maximum absolute atomic E-state index is 12.5. The van der Waals surface area contributed by atoms with Gasteiger partial charge in [0.05, 0.1) is 6.54 Å². The highest BCUT2D eigenvalue weighted by Crippen LogP contribution is 2.23. The first-order valence-corrected chi connectivity index (χ1v) is 8.40. The van der Waals surface area contributed by atoms with Gasteiger partial charge in [-0.25, -0.2) is 0 Å². The van der Waals surface area contributed by atoms with Crippen LogP contribution in [0.4, 0.5) is 11.4 Å². The Balaban J connectivity index is 2.13. The number of hydrogen-bond donors (Lipinski definition) is 1. The van der Waals surface area contributed by atoms with Crippen molar-refractivity contribution in [3.8, 4) is 0 Å². The fourth-order valence-electron chi connectivity index (χ4n) is 2.78. The van der Waals surface area contributed by atoms with E-state index >= 15 is 0 Å². The quantitative estimate of drug-likeness (QED) is 0.828. The van der Waals surface area contributed by atoms with Gasteiger partial charge in [-0.1, -0.05) is 50.2 Å². The molecule has 1 amide bonds. The summed E-state index contributed by atoms with van der Waals surface area (Å²) < 4.78 is 0. The van der Waals surface area contributed by atoms with Crippen LogP contribution in [0, 0.1) is 0 Å². The highest BCUT2D eigenvalue weighted by atomic mass is 16.2. The van der Waals surface area contributed by atoms with E-state index in [2.05, 4.69) is 49.2 Å². The van der Waals surface area contributed by atoms with Crippen molar-refractivity contribution in [1.82, 2.24) is 0 Å². The summed E-state index contributed by atoms with van der Waals surface area (Å²) >= 11 is 0. The summed E-state index contributed by atoms with van der Waals surface area (Å²) in [5, 5.41) is 3.13. The molecule has 0 aliphatic carbocycles. The fraction of sp³-hybridized carbons (Fsp3) is 0.350. The summed E-state index contributed by atoms with van der Waals surface area (Å²) in [4.78, 5) is 14.6. The Morgan fingerprint density at radius 1 is 0.913 bits per heavy atom. The molecule has 3 nitrogen and oxygen atoms in total. The van der Waals surface area contributed by atoms with Crippen molar-refractivity contribution in [2.24, 2.45) is 0 Å². The lowest BCUT2D eigenvalue weighted by molar-refractivity contribution is -0.115. The fourth-order valence-corrected chi connectivity index (χ4v) is 2.78. The molecule has 0 saturated carbocycles. The van der Waals surface area contributed by atoms with Gasteiger partial charge in [0.25, 0.3) is 0 Å². The van der Waals surface area contributed by atoms with Gasteiger partial charge in [0.2, 0.25) is 5.91 Å². The number of likely N-dealkylation sites (N-methyl/N-ethyl adjacent to an activating group) is 1. The van der Waals surface area contributed by atoms with Crippen LogP contribution < -0.4 is 10.2 Å². The predicted octanol–water partition coefficient (Wildman–Crippen LogP) is 4.28. The number of hydrogen-bond acceptors (Lipinski definition) is 2. The van der Waals surface area contributed by atoms with Crippen LogP contribution in [0.25, 0.3) is 0 Å². The van der Waals surface area contributed by atoms with Crippen LogP contribution in [0.1, 0.15) is 31.9 Å². The standard InChI is InChI=1S/C20H26N2O/c1-4-16-11-10-12-17(5-2)20(16)21-19(23)15-22(6-3)18-13-8-7-9-14-18/h7-14H,4-6,15H2,1-3H3,(H,21,23). The lowest BCUT2D eigenvalue weighted by Crippen LogP contribution is -2.33. The van der Waals surface area contributed by atoms with Gasteiger partial charge in [0.15, 0.2) is 0 Å². The molecule has 0 radical (unpaired) electrons. The monoisotopic (exact) mass is 310 g/mol. The Morgan fingerprint density at radius 2 is 1.52 bits per heavy atom.